The molecule has 1 aromatic heterocycles. The number of likely N-dealkylation sites (N-methyl/N-ethyl adjacent to an activating group) is 1. The maximum absolute atomic E-state index is 13.2. The van der Waals surface area contributed by atoms with Crippen LogP contribution in [0, 0.1) is 5.82 Å². The lowest BCUT2D eigenvalue weighted by molar-refractivity contribution is -0.139. The van der Waals surface area contributed by atoms with Crippen molar-refractivity contribution in [2.24, 2.45) is 0 Å². The second-order valence-electron chi connectivity index (χ2n) is 8.28. The van der Waals surface area contributed by atoms with Gasteiger partial charge in [0.1, 0.15) is 5.82 Å². The Balaban J connectivity index is 1.61. The molecular weight excluding hydrogens is 429 g/mol. The first-order chi connectivity index (χ1) is 15.3. The van der Waals surface area contributed by atoms with E-state index in [-0.39, 0.29) is 17.9 Å². The molecule has 0 spiro atoms. The lowest BCUT2D eigenvalue weighted by Crippen LogP contribution is -2.54. The number of rotatable bonds is 8. The van der Waals surface area contributed by atoms with Crippen molar-refractivity contribution in [1.29, 1.82) is 0 Å². The number of nitrogens with zero attached hydrogens (tertiary/aromatic N) is 3. The van der Waals surface area contributed by atoms with Crippen LogP contribution in [0.25, 0.3) is 0 Å². The molecule has 0 unspecified atom stereocenters. The zero-order valence-electron chi connectivity index (χ0n) is 18.9. The van der Waals surface area contributed by atoms with Crippen molar-refractivity contribution in [3.05, 3.63) is 52.5 Å². The van der Waals surface area contributed by atoms with Gasteiger partial charge in [0.05, 0.1) is 6.04 Å². The molecule has 0 aliphatic carbocycles. The maximum Gasteiger partial charge on any atom is 0.309 e. The van der Waals surface area contributed by atoms with Gasteiger partial charge < -0.3 is 20.4 Å². The van der Waals surface area contributed by atoms with Gasteiger partial charge in [-0.2, -0.15) is 0 Å². The lowest BCUT2D eigenvalue weighted by Gasteiger charge is -2.42. The summed E-state index contributed by atoms with van der Waals surface area (Å²) in [4.78, 5) is 32.3. The molecule has 0 bridgehead atoms. The smallest absolute Gasteiger partial charge is 0.309 e. The fourth-order valence-corrected chi connectivity index (χ4v) is 4.90. The molecule has 1 aliphatic heterocycles. The van der Waals surface area contributed by atoms with E-state index in [1.807, 2.05) is 37.4 Å². The second kappa shape index (κ2) is 11.4. The first-order valence-corrected chi connectivity index (χ1v) is 11.7. The zero-order chi connectivity index (χ0) is 23.1. The minimum Gasteiger partial charge on any atom is -0.369 e. The van der Waals surface area contributed by atoms with E-state index in [0.717, 1.165) is 36.7 Å². The van der Waals surface area contributed by atoms with Crippen LogP contribution in [-0.2, 0) is 9.59 Å². The summed E-state index contributed by atoms with van der Waals surface area (Å²) in [5.74, 6) is -1.45. The molecule has 0 saturated carbocycles. The van der Waals surface area contributed by atoms with Crippen LogP contribution in [0.2, 0.25) is 0 Å². The number of halogens is 1. The molecule has 174 valence electrons. The summed E-state index contributed by atoms with van der Waals surface area (Å²) < 4.78 is 13.2. The highest BCUT2D eigenvalue weighted by atomic mass is 32.1. The Morgan fingerprint density at radius 1 is 1.09 bits per heavy atom. The van der Waals surface area contributed by atoms with Gasteiger partial charge in [-0.05, 0) is 56.7 Å². The van der Waals surface area contributed by atoms with Crippen LogP contribution in [-0.4, -0.2) is 81.0 Å². The highest BCUT2D eigenvalue weighted by molar-refractivity contribution is 7.10. The van der Waals surface area contributed by atoms with Gasteiger partial charge in [0, 0.05) is 55.9 Å². The number of benzene rings is 1. The molecule has 2 N–H and O–H groups in total. The molecule has 0 radical (unpaired) electrons. The summed E-state index contributed by atoms with van der Waals surface area (Å²) in [7, 11) is 3.82. The first-order valence-electron chi connectivity index (χ1n) is 10.9. The highest BCUT2D eigenvalue weighted by Gasteiger charge is 2.31. The summed E-state index contributed by atoms with van der Waals surface area (Å²) >= 11 is 1.65. The monoisotopic (exact) mass is 461 g/mol. The summed E-state index contributed by atoms with van der Waals surface area (Å²) in [6.07, 6.45) is 0. The van der Waals surface area contributed by atoms with E-state index in [1.165, 1.54) is 12.1 Å². The van der Waals surface area contributed by atoms with Crippen molar-refractivity contribution in [1.82, 2.24) is 20.4 Å². The van der Waals surface area contributed by atoms with Crippen molar-refractivity contribution >= 4 is 28.8 Å². The number of carbonyl (C=O) groups excluding carboxylic acids is 2. The van der Waals surface area contributed by atoms with E-state index in [1.54, 1.807) is 23.5 Å². The number of piperazine rings is 1. The number of amides is 2. The summed E-state index contributed by atoms with van der Waals surface area (Å²) in [5.41, 5.74) is 1.01. The molecule has 2 aromatic rings. The lowest BCUT2D eigenvalue weighted by atomic mass is 10.0. The molecule has 1 fully saturated rings. The van der Waals surface area contributed by atoms with E-state index in [2.05, 4.69) is 26.5 Å². The Bertz CT molecular complexity index is 867. The Hall–Kier alpha value is -2.49. The largest absolute Gasteiger partial charge is 0.369 e. The van der Waals surface area contributed by atoms with Crippen LogP contribution < -0.4 is 15.5 Å². The first kappa shape index (κ1) is 24.2. The molecule has 9 heteroatoms. The third kappa shape index (κ3) is 6.51. The third-order valence-corrected chi connectivity index (χ3v) is 6.56. The average molecular weight is 462 g/mol. The van der Waals surface area contributed by atoms with Gasteiger partial charge >= 0.3 is 11.8 Å². The molecule has 32 heavy (non-hydrogen) atoms. The number of carbonyl (C=O) groups is 2. The van der Waals surface area contributed by atoms with Crippen molar-refractivity contribution in [3.63, 3.8) is 0 Å². The highest BCUT2D eigenvalue weighted by Crippen LogP contribution is 2.30. The number of hydrogen-bond donors (Lipinski definition) is 2. The fraction of sp³-hybridized carbons (Fsp3) is 0.478. The van der Waals surface area contributed by atoms with E-state index in [0.29, 0.717) is 13.1 Å². The molecular formula is C23H32FN5O2S. The van der Waals surface area contributed by atoms with Crippen molar-refractivity contribution in [2.45, 2.75) is 19.0 Å². The number of anilines is 1. The van der Waals surface area contributed by atoms with Gasteiger partial charge in [-0.3, -0.25) is 14.5 Å². The topological polar surface area (TPSA) is 67.9 Å². The second-order valence-corrected chi connectivity index (χ2v) is 9.26. The molecule has 2 amide bonds. The Labute approximate surface area is 193 Å². The van der Waals surface area contributed by atoms with Gasteiger partial charge in [0.15, 0.2) is 0 Å². The predicted molar refractivity (Wildman–Crippen MR) is 126 cm³/mol. The van der Waals surface area contributed by atoms with Crippen LogP contribution >= 0.6 is 11.3 Å². The molecule has 3 rings (SSSR count). The minimum absolute atomic E-state index is 0.0242. The Kier molecular flexibility index (Phi) is 8.60. The molecule has 1 aromatic carbocycles. The molecule has 2 atom stereocenters. The Morgan fingerprint density at radius 3 is 2.38 bits per heavy atom. The average Bonchev–Trinajstić information content (AvgIpc) is 3.29. The van der Waals surface area contributed by atoms with E-state index >= 15 is 0 Å². The normalized spacial score (nSPS) is 16.6. The molecule has 2 heterocycles. The number of hydrogen-bond acceptors (Lipinski definition) is 6. The van der Waals surface area contributed by atoms with Gasteiger partial charge in [-0.25, -0.2) is 4.39 Å². The predicted octanol–water partition coefficient (Wildman–Crippen LogP) is 1.93. The molecule has 7 nitrogen and oxygen atoms in total. The van der Waals surface area contributed by atoms with Gasteiger partial charge in [0.2, 0.25) is 0 Å². The standard InChI is InChI=1S/C23H32FN5O2S/c1-17(26-23(31)22(30)25-10-11-27(2)3)21(20-5-4-16-32-20)29-14-12-28(13-15-29)19-8-6-18(24)7-9-19/h4-9,16-17,21H,10-15H2,1-3H3,(H,25,30)(H,26,31)/t17-,21+/m0/s1. The van der Waals surface area contributed by atoms with E-state index < -0.39 is 11.8 Å². The quantitative estimate of drug-likeness (QED) is 0.588. The zero-order valence-corrected chi connectivity index (χ0v) is 19.7. The fourth-order valence-electron chi connectivity index (χ4n) is 3.94. The van der Waals surface area contributed by atoms with Crippen LogP contribution in [0.3, 0.4) is 0 Å². The van der Waals surface area contributed by atoms with Crippen LogP contribution in [0.1, 0.15) is 17.8 Å². The minimum atomic E-state index is -0.609. The molecule has 1 saturated heterocycles. The van der Waals surface area contributed by atoms with Crippen LogP contribution in [0.4, 0.5) is 10.1 Å². The van der Waals surface area contributed by atoms with Crippen molar-refractivity contribution in [3.8, 4) is 0 Å². The number of thiophene rings is 1. The number of nitrogens with one attached hydrogen (secondary N) is 2. The summed E-state index contributed by atoms with van der Waals surface area (Å²) in [6, 6.07) is 10.4. The van der Waals surface area contributed by atoms with E-state index in [9.17, 15) is 14.0 Å². The SMILES string of the molecule is C[C@H](NC(=O)C(=O)NCCN(C)C)[C@H](c1cccs1)N1CCN(c2ccc(F)cc2)CC1. The van der Waals surface area contributed by atoms with Gasteiger partial charge in [-0.15, -0.1) is 11.3 Å². The van der Waals surface area contributed by atoms with Gasteiger partial charge in [0.25, 0.3) is 0 Å². The third-order valence-electron chi connectivity index (χ3n) is 5.62. The maximum atomic E-state index is 13.2. The van der Waals surface area contributed by atoms with E-state index in [4.69, 9.17) is 0 Å². The van der Waals surface area contributed by atoms with Crippen molar-refractivity contribution < 1.29 is 14.0 Å². The van der Waals surface area contributed by atoms with Gasteiger partial charge in [-0.1, -0.05) is 6.07 Å². The van der Waals surface area contributed by atoms with Crippen LogP contribution in [0.15, 0.2) is 41.8 Å². The molecule has 1 aliphatic rings. The van der Waals surface area contributed by atoms with Crippen LogP contribution in [0.5, 0.6) is 0 Å². The summed E-state index contributed by atoms with van der Waals surface area (Å²) in [6.45, 7) is 6.25. The van der Waals surface area contributed by atoms with Crippen molar-refractivity contribution in [2.75, 3.05) is 58.3 Å². The Morgan fingerprint density at radius 2 is 1.78 bits per heavy atom. The summed E-state index contributed by atoms with van der Waals surface area (Å²) in [5, 5.41) is 7.59.